The first-order valence-corrected chi connectivity index (χ1v) is 5.27. The molecule has 1 aliphatic carbocycles. The molecular formula is C10H14N2O2. The van der Waals surface area contributed by atoms with E-state index in [-0.39, 0.29) is 5.63 Å². The number of H-pyrrole nitrogens is 1. The molecule has 1 fully saturated rings. The zero-order chi connectivity index (χ0) is 9.71. The van der Waals surface area contributed by atoms with Gasteiger partial charge in [0.15, 0.2) is 0 Å². The summed E-state index contributed by atoms with van der Waals surface area (Å²) in [5.41, 5.74) is 1.69. The molecule has 1 atom stereocenters. The molecule has 14 heavy (non-hydrogen) atoms. The normalized spacial score (nSPS) is 26.8. The Bertz CT molecular complexity index is 402. The molecule has 4 heteroatoms. The van der Waals surface area contributed by atoms with Crippen LogP contribution in [-0.4, -0.2) is 16.1 Å². The highest BCUT2D eigenvalue weighted by molar-refractivity contribution is 5.25. The van der Waals surface area contributed by atoms with Gasteiger partial charge in [0.2, 0.25) is 0 Å². The molecule has 4 nitrogen and oxygen atoms in total. The Kier molecular flexibility index (Phi) is 1.62. The SMILES string of the molecule is CCC1c2[nH]oc(=O)c2CN1C1CC1. The van der Waals surface area contributed by atoms with Gasteiger partial charge in [-0.25, -0.2) is 9.95 Å². The third-order valence-corrected chi connectivity index (χ3v) is 3.30. The Labute approximate surface area is 81.9 Å². The van der Waals surface area contributed by atoms with E-state index in [1.807, 2.05) is 0 Å². The monoisotopic (exact) mass is 194 g/mol. The summed E-state index contributed by atoms with van der Waals surface area (Å²) in [7, 11) is 0. The molecule has 2 heterocycles. The lowest BCUT2D eigenvalue weighted by Crippen LogP contribution is -2.25. The smallest absolute Gasteiger partial charge is 0.338 e. The average Bonchev–Trinajstić information content (AvgIpc) is 2.87. The molecule has 1 N–H and O–H groups in total. The summed E-state index contributed by atoms with van der Waals surface area (Å²) in [4.78, 5) is 13.8. The van der Waals surface area contributed by atoms with E-state index in [0.717, 1.165) is 24.2 Å². The Morgan fingerprint density at radius 3 is 3.00 bits per heavy atom. The van der Waals surface area contributed by atoms with Crippen LogP contribution in [-0.2, 0) is 6.54 Å². The van der Waals surface area contributed by atoms with Crippen LogP contribution in [0.2, 0.25) is 0 Å². The number of aromatic nitrogens is 1. The van der Waals surface area contributed by atoms with Gasteiger partial charge in [-0.05, 0) is 19.3 Å². The topological polar surface area (TPSA) is 49.2 Å². The van der Waals surface area contributed by atoms with Crippen molar-refractivity contribution in [2.75, 3.05) is 0 Å². The molecule has 1 aliphatic heterocycles. The van der Waals surface area contributed by atoms with Gasteiger partial charge in [0, 0.05) is 12.6 Å². The molecule has 0 aromatic carbocycles. The van der Waals surface area contributed by atoms with Crippen LogP contribution in [0.25, 0.3) is 0 Å². The number of fused-ring (bicyclic) bond motifs is 1. The molecule has 1 aromatic heterocycles. The Morgan fingerprint density at radius 1 is 1.57 bits per heavy atom. The summed E-state index contributed by atoms with van der Waals surface area (Å²) in [6.45, 7) is 2.94. The minimum absolute atomic E-state index is 0.179. The van der Waals surface area contributed by atoms with Gasteiger partial charge >= 0.3 is 5.63 Å². The van der Waals surface area contributed by atoms with Crippen molar-refractivity contribution < 1.29 is 4.52 Å². The first-order valence-electron chi connectivity index (χ1n) is 5.27. The molecule has 2 aliphatic rings. The molecule has 0 amide bonds. The van der Waals surface area contributed by atoms with Crippen LogP contribution in [0.4, 0.5) is 0 Å². The molecule has 1 aromatic rings. The largest absolute Gasteiger partial charge is 0.362 e. The first kappa shape index (κ1) is 8.29. The van der Waals surface area contributed by atoms with Gasteiger partial charge in [0.1, 0.15) is 0 Å². The summed E-state index contributed by atoms with van der Waals surface area (Å²) in [6, 6.07) is 1.09. The van der Waals surface area contributed by atoms with Crippen LogP contribution >= 0.6 is 0 Å². The van der Waals surface area contributed by atoms with Crippen molar-refractivity contribution in [3.63, 3.8) is 0 Å². The van der Waals surface area contributed by atoms with E-state index in [0.29, 0.717) is 12.1 Å². The molecule has 3 rings (SSSR count). The molecule has 1 unspecified atom stereocenters. The predicted octanol–water partition coefficient (Wildman–Crippen LogP) is 1.40. The second kappa shape index (κ2) is 2.73. The highest BCUT2D eigenvalue weighted by atomic mass is 16.5. The van der Waals surface area contributed by atoms with Gasteiger partial charge in [0.05, 0.1) is 17.3 Å². The van der Waals surface area contributed by atoms with Crippen molar-refractivity contribution in [3.8, 4) is 0 Å². The average molecular weight is 194 g/mol. The number of hydrogen-bond acceptors (Lipinski definition) is 3. The van der Waals surface area contributed by atoms with Crippen LogP contribution in [0, 0.1) is 0 Å². The molecule has 0 spiro atoms. The number of nitrogens with zero attached hydrogens (tertiary/aromatic N) is 1. The minimum Gasteiger partial charge on any atom is -0.338 e. The third-order valence-electron chi connectivity index (χ3n) is 3.30. The first-order chi connectivity index (χ1) is 6.81. The van der Waals surface area contributed by atoms with E-state index in [4.69, 9.17) is 4.52 Å². The Morgan fingerprint density at radius 2 is 2.36 bits per heavy atom. The maximum Gasteiger partial charge on any atom is 0.362 e. The standard InChI is InChI=1S/C10H14N2O2/c1-2-8-9-7(10(13)14-11-9)5-12(8)6-3-4-6/h6,8,11H,2-5H2,1H3. The molecular weight excluding hydrogens is 180 g/mol. The van der Waals surface area contributed by atoms with Gasteiger partial charge in [-0.2, -0.15) is 0 Å². The zero-order valence-electron chi connectivity index (χ0n) is 8.25. The number of aromatic amines is 1. The molecule has 1 saturated carbocycles. The number of rotatable bonds is 2. The van der Waals surface area contributed by atoms with E-state index in [1.54, 1.807) is 0 Å². The van der Waals surface area contributed by atoms with Crippen LogP contribution in [0.1, 0.15) is 43.5 Å². The molecule has 76 valence electrons. The van der Waals surface area contributed by atoms with Crippen molar-refractivity contribution in [1.29, 1.82) is 0 Å². The number of hydrogen-bond donors (Lipinski definition) is 1. The van der Waals surface area contributed by atoms with Crippen molar-refractivity contribution in [2.45, 2.75) is 44.8 Å². The second-order valence-electron chi connectivity index (χ2n) is 4.21. The van der Waals surface area contributed by atoms with Crippen LogP contribution < -0.4 is 5.63 Å². The van der Waals surface area contributed by atoms with E-state index in [9.17, 15) is 4.79 Å². The van der Waals surface area contributed by atoms with Crippen molar-refractivity contribution >= 4 is 0 Å². The van der Waals surface area contributed by atoms with E-state index in [2.05, 4.69) is 17.0 Å². The Balaban J connectivity index is 1.99. The summed E-state index contributed by atoms with van der Waals surface area (Å²) in [6.07, 6.45) is 3.61. The lowest BCUT2D eigenvalue weighted by molar-refractivity contribution is 0.185. The van der Waals surface area contributed by atoms with Gasteiger partial charge in [0.25, 0.3) is 0 Å². The third kappa shape index (κ3) is 1.00. The predicted molar refractivity (Wildman–Crippen MR) is 50.9 cm³/mol. The van der Waals surface area contributed by atoms with Crippen LogP contribution in [0.3, 0.4) is 0 Å². The lowest BCUT2D eigenvalue weighted by atomic mass is 10.1. The van der Waals surface area contributed by atoms with Crippen molar-refractivity contribution in [1.82, 2.24) is 10.1 Å². The maximum atomic E-state index is 11.3. The quantitative estimate of drug-likeness (QED) is 0.774. The van der Waals surface area contributed by atoms with Gasteiger partial charge in [-0.1, -0.05) is 6.92 Å². The van der Waals surface area contributed by atoms with Crippen LogP contribution in [0.5, 0.6) is 0 Å². The van der Waals surface area contributed by atoms with Gasteiger partial charge in [-0.15, -0.1) is 0 Å². The summed E-state index contributed by atoms with van der Waals surface area (Å²) in [5.74, 6) is 0. The van der Waals surface area contributed by atoms with E-state index in [1.165, 1.54) is 12.8 Å². The van der Waals surface area contributed by atoms with Crippen molar-refractivity contribution in [2.24, 2.45) is 0 Å². The van der Waals surface area contributed by atoms with E-state index >= 15 is 0 Å². The zero-order valence-corrected chi connectivity index (χ0v) is 8.25. The van der Waals surface area contributed by atoms with Crippen LogP contribution in [0.15, 0.2) is 9.32 Å². The second-order valence-corrected chi connectivity index (χ2v) is 4.21. The summed E-state index contributed by atoms with van der Waals surface area (Å²) >= 11 is 0. The lowest BCUT2D eigenvalue weighted by Gasteiger charge is -2.22. The molecule has 0 saturated heterocycles. The van der Waals surface area contributed by atoms with E-state index < -0.39 is 0 Å². The fourth-order valence-corrected chi connectivity index (χ4v) is 2.44. The highest BCUT2D eigenvalue weighted by Crippen LogP contribution is 2.41. The Hall–Kier alpha value is -1.03. The fourth-order valence-electron chi connectivity index (χ4n) is 2.44. The molecule has 0 bridgehead atoms. The summed E-state index contributed by atoms with van der Waals surface area (Å²) in [5, 5.41) is 2.77. The molecule has 0 radical (unpaired) electrons. The minimum atomic E-state index is -0.179. The van der Waals surface area contributed by atoms with Gasteiger partial charge in [-0.3, -0.25) is 4.90 Å². The van der Waals surface area contributed by atoms with Crippen molar-refractivity contribution in [3.05, 3.63) is 21.7 Å². The number of nitrogens with one attached hydrogen (secondary N) is 1. The van der Waals surface area contributed by atoms with Gasteiger partial charge < -0.3 is 4.52 Å². The maximum absolute atomic E-state index is 11.3. The fraction of sp³-hybridized carbons (Fsp3) is 0.700. The highest BCUT2D eigenvalue weighted by Gasteiger charge is 2.41. The summed E-state index contributed by atoms with van der Waals surface area (Å²) < 4.78 is 4.81.